The van der Waals surface area contributed by atoms with Crippen LogP contribution in [0.15, 0.2) is 18.2 Å². The van der Waals surface area contributed by atoms with E-state index in [1.165, 1.54) is 0 Å². The Labute approximate surface area is 130 Å². The third-order valence-corrected chi connectivity index (χ3v) is 6.14. The average molecular weight is 403 g/mol. The van der Waals surface area contributed by atoms with Crippen molar-refractivity contribution < 1.29 is 0 Å². The molecule has 0 spiro atoms. The van der Waals surface area contributed by atoms with Crippen molar-refractivity contribution in [3.05, 3.63) is 33.8 Å². The molecular weight excluding hydrogens is 387 g/mol. The number of benzene rings is 1. The number of hydrogen-bond donors (Lipinski definition) is 0. The number of alkyl halides is 2. The lowest BCUT2D eigenvalue weighted by molar-refractivity contribution is 0.268. The van der Waals surface area contributed by atoms with Crippen LogP contribution in [0.25, 0.3) is 0 Å². The maximum Gasteiger partial charge on any atom is 0.0439 e. The van der Waals surface area contributed by atoms with Crippen molar-refractivity contribution in [2.45, 2.75) is 20.3 Å². The van der Waals surface area contributed by atoms with Crippen molar-refractivity contribution in [2.75, 3.05) is 10.7 Å². The predicted molar refractivity (Wildman–Crippen MR) is 85.0 cm³/mol. The van der Waals surface area contributed by atoms with E-state index in [1.54, 1.807) is 0 Å². The Kier molecular flexibility index (Phi) is 6.32. The van der Waals surface area contributed by atoms with Gasteiger partial charge in [-0.25, -0.2) is 0 Å². The molecule has 0 aliphatic heterocycles. The first-order chi connectivity index (χ1) is 7.95. The third kappa shape index (κ3) is 3.86. The highest BCUT2D eigenvalue weighted by Gasteiger charge is 2.32. The number of rotatable bonds is 5. The molecule has 96 valence electrons. The second-order valence-electron chi connectivity index (χ2n) is 4.70. The molecule has 0 N–H and O–H groups in total. The molecule has 0 saturated heterocycles. The van der Waals surface area contributed by atoms with Gasteiger partial charge < -0.3 is 0 Å². The van der Waals surface area contributed by atoms with Crippen molar-refractivity contribution in [3.8, 4) is 0 Å². The highest BCUT2D eigenvalue weighted by Crippen LogP contribution is 2.38. The van der Waals surface area contributed by atoms with Gasteiger partial charge >= 0.3 is 0 Å². The largest absolute Gasteiger partial charge is 0.0921 e. The lowest BCUT2D eigenvalue weighted by atomic mass is 9.76. The zero-order valence-corrected chi connectivity index (χ0v) is 14.6. The molecular formula is C13H16Br2Cl2. The first-order valence-corrected chi connectivity index (χ1v) is 8.51. The van der Waals surface area contributed by atoms with Crippen LogP contribution in [-0.4, -0.2) is 10.7 Å². The Bertz CT molecular complexity index is 374. The molecule has 0 heterocycles. The van der Waals surface area contributed by atoms with E-state index in [9.17, 15) is 0 Å². The van der Waals surface area contributed by atoms with Gasteiger partial charge in [-0.05, 0) is 41.5 Å². The molecule has 1 aromatic carbocycles. The topological polar surface area (TPSA) is 0 Å². The molecule has 1 aromatic rings. The fraction of sp³-hybridized carbons (Fsp3) is 0.538. The van der Waals surface area contributed by atoms with Gasteiger partial charge in [0.15, 0.2) is 0 Å². The smallest absolute Gasteiger partial charge is 0.0439 e. The Morgan fingerprint density at radius 2 is 1.76 bits per heavy atom. The van der Waals surface area contributed by atoms with Gasteiger partial charge in [-0.1, -0.05) is 68.9 Å². The molecule has 0 aromatic heterocycles. The first kappa shape index (κ1) is 15.8. The predicted octanol–water partition coefficient (Wildman–Crippen LogP) is 5.97. The van der Waals surface area contributed by atoms with Gasteiger partial charge in [0.05, 0.1) is 0 Å². The molecule has 0 nitrogen and oxygen atoms in total. The van der Waals surface area contributed by atoms with Crippen LogP contribution >= 0.6 is 55.1 Å². The SMILES string of the molecule is CC(C)C(CBr)(CBr)Cc1cc(Cl)ccc1Cl. The minimum absolute atomic E-state index is 0.161. The minimum atomic E-state index is 0.161. The van der Waals surface area contributed by atoms with Crippen molar-refractivity contribution in [1.29, 1.82) is 0 Å². The maximum absolute atomic E-state index is 6.23. The molecule has 4 heteroatoms. The quantitative estimate of drug-likeness (QED) is 0.532. The molecule has 17 heavy (non-hydrogen) atoms. The first-order valence-electron chi connectivity index (χ1n) is 5.51. The molecule has 0 amide bonds. The molecule has 0 radical (unpaired) electrons. The zero-order chi connectivity index (χ0) is 13.1. The van der Waals surface area contributed by atoms with E-state index in [2.05, 4.69) is 45.7 Å². The normalized spacial score (nSPS) is 12.2. The van der Waals surface area contributed by atoms with Gasteiger partial charge in [-0.15, -0.1) is 0 Å². The molecule has 0 saturated carbocycles. The van der Waals surface area contributed by atoms with Crippen LogP contribution in [0.4, 0.5) is 0 Å². The van der Waals surface area contributed by atoms with E-state index >= 15 is 0 Å². The summed E-state index contributed by atoms with van der Waals surface area (Å²) >= 11 is 19.5. The summed E-state index contributed by atoms with van der Waals surface area (Å²) in [5.74, 6) is 0.552. The minimum Gasteiger partial charge on any atom is -0.0921 e. The average Bonchev–Trinajstić information content (AvgIpc) is 2.30. The second kappa shape index (κ2) is 6.79. The van der Waals surface area contributed by atoms with Gasteiger partial charge in [0.2, 0.25) is 0 Å². The highest BCUT2D eigenvalue weighted by molar-refractivity contribution is 9.09. The van der Waals surface area contributed by atoms with Gasteiger partial charge in [0.25, 0.3) is 0 Å². The van der Waals surface area contributed by atoms with Crippen LogP contribution in [-0.2, 0) is 6.42 Å². The third-order valence-electron chi connectivity index (χ3n) is 3.31. The monoisotopic (exact) mass is 400 g/mol. The summed E-state index contributed by atoms with van der Waals surface area (Å²) in [4.78, 5) is 0. The van der Waals surface area contributed by atoms with Crippen molar-refractivity contribution in [2.24, 2.45) is 11.3 Å². The lowest BCUT2D eigenvalue weighted by Gasteiger charge is -2.34. The van der Waals surface area contributed by atoms with Crippen LogP contribution in [0, 0.1) is 11.3 Å². The second-order valence-corrected chi connectivity index (χ2v) is 6.66. The van der Waals surface area contributed by atoms with E-state index in [4.69, 9.17) is 23.2 Å². The molecule has 0 unspecified atom stereocenters. The van der Waals surface area contributed by atoms with E-state index in [-0.39, 0.29) is 5.41 Å². The van der Waals surface area contributed by atoms with Gasteiger partial charge in [0.1, 0.15) is 0 Å². The van der Waals surface area contributed by atoms with Crippen LogP contribution in [0.2, 0.25) is 10.0 Å². The fourth-order valence-electron chi connectivity index (χ4n) is 1.70. The van der Waals surface area contributed by atoms with Crippen molar-refractivity contribution in [3.63, 3.8) is 0 Å². The summed E-state index contributed by atoms with van der Waals surface area (Å²) in [5.41, 5.74) is 1.28. The molecule has 1 rings (SSSR count). The van der Waals surface area contributed by atoms with Gasteiger partial charge in [-0.2, -0.15) is 0 Å². The van der Waals surface area contributed by atoms with Crippen LogP contribution in [0.5, 0.6) is 0 Å². The summed E-state index contributed by atoms with van der Waals surface area (Å²) < 4.78 is 0. The van der Waals surface area contributed by atoms with E-state index in [0.717, 1.165) is 32.7 Å². The maximum atomic E-state index is 6.23. The Morgan fingerprint density at radius 3 is 2.24 bits per heavy atom. The van der Waals surface area contributed by atoms with Crippen molar-refractivity contribution >= 4 is 55.1 Å². The van der Waals surface area contributed by atoms with Gasteiger partial charge in [0, 0.05) is 20.7 Å². The Morgan fingerprint density at radius 1 is 1.18 bits per heavy atom. The Balaban J connectivity index is 3.05. The summed E-state index contributed by atoms with van der Waals surface area (Å²) in [6.45, 7) is 4.47. The van der Waals surface area contributed by atoms with Crippen LogP contribution in [0.1, 0.15) is 19.4 Å². The van der Waals surface area contributed by atoms with Crippen LogP contribution in [0.3, 0.4) is 0 Å². The molecule has 0 bridgehead atoms. The molecule has 0 atom stereocenters. The standard InChI is InChI=1S/C13H16Br2Cl2/c1-9(2)13(7-14,8-15)6-10-5-11(16)3-4-12(10)17/h3-5,9H,6-8H2,1-2H3. The summed E-state index contributed by atoms with van der Waals surface area (Å²) in [6.07, 6.45) is 0.917. The molecule has 0 fully saturated rings. The molecule has 0 aliphatic rings. The lowest BCUT2D eigenvalue weighted by Crippen LogP contribution is -2.33. The zero-order valence-electron chi connectivity index (χ0n) is 9.94. The van der Waals surface area contributed by atoms with Gasteiger partial charge in [-0.3, -0.25) is 0 Å². The fourth-order valence-corrected chi connectivity index (χ4v) is 4.70. The Hall–Kier alpha value is 0.760. The summed E-state index contributed by atoms with van der Waals surface area (Å²) in [6, 6.07) is 5.66. The van der Waals surface area contributed by atoms with Crippen LogP contribution < -0.4 is 0 Å². The molecule has 0 aliphatic carbocycles. The summed E-state index contributed by atoms with van der Waals surface area (Å²) in [7, 11) is 0. The summed E-state index contributed by atoms with van der Waals surface area (Å²) in [5, 5.41) is 3.41. The van der Waals surface area contributed by atoms with E-state index < -0.39 is 0 Å². The number of hydrogen-bond acceptors (Lipinski definition) is 0. The number of halogens is 4. The van der Waals surface area contributed by atoms with E-state index in [0.29, 0.717) is 5.92 Å². The van der Waals surface area contributed by atoms with Crippen molar-refractivity contribution in [1.82, 2.24) is 0 Å². The van der Waals surface area contributed by atoms with E-state index in [1.807, 2.05) is 18.2 Å². The highest BCUT2D eigenvalue weighted by atomic mass is 79.9.